The summed E-state index contributed by atoms with van der Waals surface area (Å²) in [6.45, 7) is 1.04. The molecule has 2 aromatic carbocycles. The van der Waals surface area contributed by atoms with Crippen molar-refractivity contribution in [2.45, 2.75) is 17.5 Å². The Kier molecular flexibility index (Phi) is 7.86. The molecule has 2 unspecified atom stereocenters. The number of alkyl halides is 1. The maximum absolute atomic E-state index is 12.5. The number of benzene rings is 2. The van der Waals surface area contributed by atoms with E-state index in [1.165, 1.54) is 12.1 Å². The maximum atomic E-state index is 12.5. The normalized spacial score (nSPS) is 15.8. The predicted molar refractivity (Wildman–Crippen MR) is 123 cm³/mol. The lowest BCUT2D eigenvalue weighted by molar-refractivity contribution is -0.150. The molecule has 0 saturated heterocycles. The van der Waals surface area contributed by atoms with Gasteiger partial charge < -0.3 is 31.5 Å². The van der Waals surface area contributed by atoms with E-state index < -0.39 is 35.4 Å². The molecule has 0 saturated carbocycles. The summed E-state index contributed by atoms with van der Waals surface area (Å²) in [5.41, 5.74) is 1.13. The SMILES string of the molecule is O=C(CNC(=O)c1cccc(NC2=NCCCN2)c1)NC(Cl)(c1ccccc1)C(O)C(=O)O. The molecule has 11 heteroatoms. The van der Waals surface area contributed by atoms with E-state index in [4.69, 9.17) is 11.6 Å². The Morgan fingerprint density at radius 2 is 1.91 bits per heavy atom. The molecule has 0 aromatic heterocycles. The molecule has 33 heavy (non-hydrogen) atoms. The summed E-state index contributed by atoms with van der Waals surface area (Å²) in [4.78, 5) is 38.5. The third kappa shape index (κ3) is 6.21. The van der Waals surface area contributed by atoms with Gasteiger partial charge >= 0.3 is 5.97 Å². The number of carboxylic acid groups (broad SMARTS) is 1. The lowest BCUT2D eigenvalue weighted by Crippen LogP contribution is -2.55. The van der Waals surface area contributed by atoms with Gasteiger partial charge in [0.2, 0.25) is 5.91 Å². The van der Waals surface area contributed by atoms with E-state index in [-0.39, 0.29) is 5.56 Å². The number of carbonyl (C=O) groups is 3. The lowest BCUT2D eigenvalue weighted by Gasteiger charge is -2.31. The average Bonchev–Trinajstić information content (AvgIpc) is 2.83. The maximum Gasteiger partial charge on any atom is 0.336 e. The smallest absolute Gasteiger partial charge is 0.336 e. The van der Waals surface area contributed by atoms with Gasteiger partial charge in [-0.15, -0.1) is 0 Å². The molecular formula is C22H24ClN5O5. The average molecular weight is 474 g/mol. The van der Waals surface area contributed by atoms with Crippen molar-refractivity contribution in [3.8, 4) is 0 Å². The molecule has 1 aliphatic rings. The van der Waals surface area contributed by atoms with E-state index in [0.29, 0.717) is 23.8 Å². The van der Waals surface area contributed by atoms with Gasteiger partial charge in [-0.05, 0) is 30.2 Å². The molecule has 2 aromatic rings. The molecule has 2 atom stereocenters. The number of carbonyl (C=O) groups excluding carboxylic acids is 2. The van der Waals surface area contributed by atoms with Crippen LogP contribution in [0.3, 0.4) is 0 Å². The van der Waals surface area contributed by atoms with Crippen LogP contribution in [0.25, 0.3) is 0 Å². The van der Waals surface area contributed by atoms with Crippen molar-refractivity contribution in [1.82, 2.24) is 16.0 Å². The van der Waals surface area contributed by atoms with E-state index in [1.54, 1.807) is 42.5 Å². The van der Waals surface area contributed by atoms with Gasteiger partial charge in [0.1, 0.15) is 0 Å². The number of amides is 2. The number of aliphatic hydroxyl groups is 1. The number of hydrogen-bond acceptors (Lipinski definition) is 7. The Morgan fingerprint density at radius 1 is 1.15 bits per heavy atom. The van der Waals surface area contributed by atoms with Crippen molar-refractivity contribution < 1.29 is 24.6 Å². The fourth-order valence-corrected chi connectivity index (χ4v) is 3.47. The molecule has 1 heterocycles. The van der Waals surface area contributed by atoms with Crippen LogP contribution in [0.2, 0.25) is 0 Å². The van der Waals surface area contributed by atoms with Gasteiger partial charge in [0.05, 0.1) is 6.54 Å². The highest BCUT2D eigenvalue weighted by molar-refractivity contribution is 6.26. The number of carboxylic acids is 1. The summed E-state index contributed by atoms with van der Waals surface area (Å²) in [6.07, 6.45) is -1.17. The first-order valence-corrected chi connectivity index (χ1v) is 10.6. The summed E-state index contributed by atoms with van der Waals surface area (Å²) in [5.74, 6) is -2.29. The molecule has 0 radical (unpaired) electrons. The van der Waals surface area contributed by atoms with E-state index in [2.05, 4.69) is 26.3 Å². The standard InChI is InChI=1S/C22H24ClN5O5/c23-22(18(30)20(32)33,15-7-2-1-3-8-15)28-17(29)13-26-19(31)14-6-4-9-16(12-14)27-21-24-10-5-11-25-21/h1-4,6-9,12,18,30H,5,10-11,13H2,(H,26,31)(H,28,29)(H,32,33)(H2,24,25,27). The number of guanidine groups is 1. The molecule has 0 bridgehead atoms. The first-order chi connectivity index (χ1) is 15.8. The Bertz CT molecular complexity index is 1050. The second-order valence-corrected chi connectivity index (χ2v) is 7.86. The Balaban J connectivity index is 1.63. The number of aliphatic carboxylic acids is 1. The molecule has 1 aliphatic heterocycles. The minimum atomic E-state index is -2.12. The van der Waals surface area contributed by atoms with Gasteiger partial charge in [0, 0.05) is 24.3 Å². The quantitative estimate of drug-likeness (QED) is 0.245. The zero-order valence-electron chi connectivity index (χ0n) is 17.5. The summed E-state index contributed by atoms with van der Waals surface area (Å²) in [6, 6.07) is 14.4. The highest BCUT2D eigenvalue weighted by atomic mass is 35.5. The van der Waals surface area contributed by atoms with Crippen LogP contribution in [0.5, 0.6) is 0 Å². The molecule has 0 aliphatic carbocycles. The topological polar surface area (TPSA) is 152 Å². The fraction of sp³-hybridized carbons (Fsp3) is 0.273. The highest BCUT2D eigenvalue weighted by Crippen LogP contribution is 2.30. The van der Waals surface area contributed by atoms with Crippen molar-refractivity contribution in [3.05, 3.63) is 65.7 Å². The van der Waals surface area contributed by atoms with Gasteiger partial charge in [0.25, 0.3) is 5.91 Å². The fourth-order valence-electron chi connectivity index (χ4n) is 3.15. The van der Waals surface area contributed by atoms with E-state index in [9.17, 15) is 24.6 Å². The van der Waals surface area contributed by atoms with E-state index >= 15 is 0 Å². The molecule has 2 amide bonds. The first-order valence-electron chi connectivity index (χ1n) is 10.2. The van der Waals surface area contributed by atoms with Crippen molar-refractivity contribution in [1.29, 1.82) is 0 Å². The Morgan fingerprint density at radius 3 is 2.58 bits per heavy atom. The van der Waals surface area contributed by atoms with Crippen LogP contribution in [0.4, 0.5) is 5.69 Å². The van der Waals surface area contributed by atoms with Crippen molar-refractivity contribution in [2.75, 3.05) is 25.0 Å². The minimum Gasteiger partial charge on any atom is -0.479 e. The zero-order chi connectivity index (χ0) is 23.8. The van der Waals surface area contributed by atoms with Crippen LogP contribution < -0.4 is 21.3 Å². The van der Waals surface area contributed by atoms with Gasteiger partial charge in [0.15, 0.2) is 17.1 Å². The number of aliphatic imine (C=N–C) groups is 1. The summed E-state index contributed by atoms with van der Waals surface area (Å²) in [7, 11) is 0. The molecule has 0 spiro atoms. The zero-order valence-corrected chi connectivity index (χ0v) is 18.3. The van der Waals surface area contributed by atoms with Gasteiger partial charge in [-0.1, -0.05) is 48.0 Å². The van der Waals surface area contributed by atoms with Crippen LogP contribution in [0.1, 0.15) is 22.3 Å². The van der Waals surface area contributed by atoms with Crippen LogP contribution in [-0.2, 0) is 14.6 Å². The molecule has 10 nitrogen and oxygen atoms in total. The minimum absolute atomic E-state index is 0.180. The molecule has 6 N–H and O–H groups in total. The van der Waals surface area contributed by atoms with Crippen molar-refractivity contribution in [2.24, 2.45) is 4.99 Å². The molecular weight excluding hydrogens is 450 g/mol. The van der Waals surface area contributed by atoms with Crippen LogP contribution in [0.15, 0.2) is 59.6 Å². The van der Waals surface area contributed by atoms with Gasteiger partial charge in [-0.25, -0.2) is 4.79 Å². The first kappa shape index (κ1) is 24.0. The molecule has 3 rings (SSSR count). The second kappa shape index (κ2) is 10.8. The number of hydrogen-bond donors (Lipinski definition) is 6. The third-order valence-electron chi connectivity index (χ3n) is 4.82. The number of rotatable bonds is 8. The van der Waals surface area contributed by atoms with Crippen LogP contribution in [-0.4, -0.2) is 59.7 Å². The van der Waals surface area contributed by atoms with E-state index in [1.807, 2.05) is 0 Å². The number of anilines is 1. The van der Waals surface area contributed by atoms with Crippen LogP contribution >= 0.6 is 11.6 Å². The second-order valence-electron chi connectivity index (χ2n) is 7.27. The number of aliphatic hydroxyl groups excluding tert-OH is 1. The van der Waals surface area contributed by atoms with Gasteiger partial charge in [-0.3, -0.25) is 14.6 Å². The Labute approximate surface area is 195 Å². The predicted octanol–water partition coefficient (Wildman–Crippen LogP) is 0.831. The lowest BCUT2D eigenvalue weighted by atomic mass is 10.0. The number of nitrogens with one attached hydrogen (secondary N) is 4. The monoisotopic (exact) mass is 473 g/mol. The molecule has 0 fully saturated rings. The van der Waals surface area contributed by atoms with Crippen LogP contribution in [0, 0.1) is 0 Å². The summed E-state index contributed by atoms with van der Waals surface area (Å²) >= 11 is 6.35. The summed E-state index contributed by atoms with van der Waals surface area (Å²) < 4.78 is 0. The Hall–Kier alpha value is -3.63. The van der Waals surface area contributed by atoms with Gasteiger partial charge in [-0.2, -0.15) is 0 Å². The summed E-state index contributed by atoms with van der Waals surface area (Å²) in [5, 5.41) is 30.3. The number of nitrogens with zero attached hydrogens (tertiary/aromatic N) is 1. The third-order valence-corrected chi connectivity index (χ3v) is 5.34. The van der Waals surface area contributed by atoms with Crippen molar-refractivity contribution in [3.63, 3.8) is 0 Å². The largest absolute Gasteiger partial charge is 0.479 e. The number of halogens is 1. The molecule has 174 valence electrons. The van der Waals surface area contributed by atoms with E-state index in [0.717, 1.165) is 13.0 Å². The van der Waals surface area contributed by atoms with Crippen molar-refractivity contribution >= 4 is 41.0 Å². The highest BCUT2D eigenvalue weighted by Gasteiger charge is 2.43.